The molecule has 1 amide bonds. The lowest BCUT2D eigenvalue weighted by Gasteiger charge is -2.11. The molecular weight excluding hydrogens is 396 g/mol. The van der Waals surface area contributed by atoms with Crippen LogP contribution in [0.3, 0.4) is 0 Å². The number of carbonyl (C=O) groups is 1. The fourth-order valence-electron chi connectivity index (χ4n) is 2.19. The predicted molar refractivity (Wildman–Crippen MR) is 98.2 cm³/mol. The molecule has 0 spiro atoms. The topological polar surface area (TPSA) is 77.2 Å². The van der Waals surface area contributed by atoms with E-state index in [1.54, 1.807) is 19.1 Å². The molecule has 1 atom stereocenters. The lowest BCUT2D eigenvalue weighted by atomic mass is 10.2. The van der Waals surface area contributed by atoms with E-state index in [2.05, 4.69) is 15.5 Å². The SMILES string of the molecule is CC(NC(=O)COc1ccc(Cl)c(Cl)c1)c1nc(-c2ccc(F)cc2)no1. The summed E-state index contributed by atoms with van der Waals surface area (Å²) >= 11 is 11.7. The molecule has 1 heterocycles. The highest BCUT2D eigenvalue weighted by Gasteiger charge is 2.18. The summed E-state index contributed by atoms with van der Waals surface area (Å²) < 4.78 is 23.5. The van der Waals surface area contributed by atoms with Crippen LogP contribution in [0, 0.1) is 5.82 Å². The van der Waals surface area contributed by atoms with Gasteiger partial charge in [0.25, 0.3) is 5.91 Å². The summed E-state index contributed by atoms with van der Waals surface area (Å²) in [7, 11) is 0. The molecule has 27 heavy (non-hydrogen) atoms. The number of halogens is 3. The number of benzene rings is 2. The minimum absolute atomic E-state index is 0.220. The molecule has 0 saturated carbocycles. The van der Waals surface area contributed by atoms with Gasteiger partial charge in [0.05, 0.1) is 10.0 Å². The van der Waals surface area contributed by atoms with Crippen molar-refractivity contribution in [1.29, 1.82) is 0 Å². The summed E-state index contributed by atoms with van der Waals surface area (Å²) in [6.07, 6.45) is 0. The summed E-state index contributed by atoms with van der Waals surface area (Å²) in [5.41, 5.74) is 0.605. The number of ether oxygens (including phenoxy) is 1. The number of carbonyl (C=O) groups excluding carboxylic acids is 1. The highest BCUT2D eigenvalue weighted by atomic mass is 35.5. The van der Waals surface area contributed by atoms with Crippen LogP contribution in [0.15, 0.2) is 47.0 Å². The van der Waals surface area contributed by atoms with E-state index in [9.17, 15) is 9.18 Å². The van der Waals surface area contributed by atoms with Crippen molar-refractivity contribution in [1.82, 2.24) is 15.5 Å². The maximum Gasteiger partial charge on any atom is 0.258 e. The molecule has 3 aromatic rings. The second-order valence-electron chi connectivity index (χ2n) is 5.62. The van der Waals surface area contributed by atoms with Crippen molar-refractivity contribution in [2.24, 2.45) is 0 Å². The summed E-state index contributed by atoms with van der Waals surface area (Å²) in [5, 5.41) is 7.26. The lowest BCUT2D eigenvalue weighted by Crippen LogP contribution is -2.31. The molecule has 0 aliphatic rings. The Balaban J connectivity index is 1.56. The second kappa shape index (κ2) is 8.37. The van der Waals surface area contributed by atoms with Crippen LogP contribution in [0.5, 0.6) is 5.75 Å². The van der Waals surface area contributed by atoms with E-state index in [1.807, 2.05) is 0 Å². The molecule has 1 N–H and O–H groups in total. The maximum atomic E-state index is 13.0. The summed E-state index contributed by atoms with van der Waals surface area (Å²) in [6, 6.07) is 9.86. The number of nitrogens with one attached hydrogen (secondary N) is 1. The van der Waals surface area contributed by atoms with E-state index in [1.165, 1.54) is 30.3 Å². The summed E-state index contributed by atoms with van der Waals surface area (Å²) in [5.74, 6) is 0.208. The smallest absolute Gasteiger partial charge is 0.258 e. The van der Waals surface area contributed by atoms with Gasteiger partial charge in [0.2, 0.25) is 11.7 Å². The number of hydrogen-bond donors (Lipinski definition) is 1. The zero-order valence-electron chi connectivity index (χ0n) is 14.1. The Bertz CT molecular complexity index is 947. The lowest BCUT2D eigenvalue weighted by molar-refractivity contribution is -0.123. The first-order valence-electron chi connectivity index (χ1n) is 7.89. The normalized spacial score (nSPS) is 11.9. The third-order valence-electron chi connectivity index (χ3n) is 3.55. The zero-order chi connectivity index (χ0) is 19.4. The molecule has 3 rings (SSSR count). The van der Waals surface area contributed by atoms with Crippen molar-refractivity contribution in [2.45, 2.75) is 13.0 Å². The highest BCUT2D eigenvalue weighted by molar-refractivity contribution is 6.42. The summed E-state index contributed by atoms with van der Waals surface area (Å²) in [4.78, 5) is 16.3. The number of rotatable bonds is 6. The van der Waals surface area contributed by atoms with Gasteiger partial charge in [-0.05, 0) is 43.3 Å². The molecule has 0 bridgehead atoms. The average molecular weight is 410 g/mol. The largest absolute Gasteiger partial charge is 0.484 e. The highest BCUT2D eigenvalue weighted by Crippen LogP contribution is 2.26. The average Bonchev–Trinajstić information content (AvgIpc) is 3.13. The van der Waals surface area contributed by atoms with E-state index in [0.717, 1.165) is 0 Å². The van der Waals surface area contributed by atoms with Crippen LogP contribution in [0.1, 0.15) is 18.9 Å². The Hall–Kier alpha value is -2.64. The van der Waals surface area contributed by atoms with Gasteiger partial charge < -0.3 is 14.6 Å². The van der Waals surface area contributed by atoms with Gasteiger partial charge in [-0.2, -0.15) is 4.98 Å². The summed E-state index contributed by atoms with van der Waals surface area (Å²) in [6.45, 7) is 1.47. The Morgan fingerprint density at radius 2 is 1.96 bits per heavy atom. The molecular formula is C18H14Cl2FN3O3. The number of nitrogens with zero attached hydrogens (tertiary/aromatic N) is 2. The minimum Gasteiger partial charge on any atom is -0.484 e. The van der Waals surface area contributed by atoms with Crippen molar-refractivity contribution in [3.63, 3.8) is 0 Å². The van der Waals surface area contributed by atoms with Crippen LogP contribution in [0.4, 0.5) is 4.39 Å². The van der Waals surface area contributed by atoms with Gasteiger partial charge in [-0.1, -0.05) is 28.4 Å². The molecule has 1 unspecified atom stereocenters. The fraction of sp³-hybridized carbons (Fsp3) is 0.167. The molecule has 140 valence electrons. The van der Waals surface area contributed by atoms with Gasteiger partial charge in [0.15, 0.2) is 6.61 Å². The van der Waals surface area contributed by atoms with Gasteiger partial charge in [-0.15, -0.1) is 0 Å². The molecule has 2 aromatic carbocycles. The fourth-order valence-corrected chi connectivity index (χ4v) is 2.48. The molecule has 0 aliphatic carbocycles. The van der Waals surface area contributed by atoms with Gasteiger partial charge in [0.1, 0.15) is 17.6 Å². The Morgan fingerprint density at radius 1 is 1.22 bits per heavy atom. The van der Waals surface area contributed by atoms with Crippen LogP contribution < -0.4 is 10.1 Å². The van der Waals surface area contributed by atoms with Crippen molar-refractivity contribution < 1.29 is 18.4 Å². The quantitative estimate of drug-likeness (QED) is 0.650. The Morgan fingerprint density at radius 3 is 2.67 bits per heavy atom. The number of aromatic nitrogens is 2. The van der Waals surface area contributed by atoms with Crippen LogP contribution in [0.2, 0.25) is 10.0 Å². The minimum atomic E-state index is -0.531. The van der Waals surface area contributed by atoms with E-state index in [0.29, 0.717) is 27.2 Å². The Kier molecular flexibility index (Phi) is 5.93. The van der Waals surface area contributed by atoms with Crippen LogP contribution in [0.25, 0.3) is 11.4 Å². The van der Waals surface area contributed by atoms with Gasteiger partial charge >= 0.3 is 0 Å². The van der Waals surface area contributed by atoms with Gasteiger partial charge in [-0.25, -0.2) is 4.39 Å². The molecule has 6 nitrogen and oxygen atoms in total. The van der Waals surface area contributed by atoms with Gasteiger partial charge in [0, 0.05) is 11.6 Å². The van der Waals surface area contributed by atoms with Crippen LogP contribution in [-0.2, 0) is 4.79 Å². The molecule has 9 heteroatoms. The Labute approximate surface area is 164 Å². The zero-order valence-corrected chi connectivity index (χ0v) is 15.6. The first-order chi connectivity index (χ1) is 12.9. The molecule has 0 fully saturated rings. The predicted octanol–water partition coefficient (Wildman–Crippen LogP) is 4.44. The molecule has 0 aliphatic heterocycles. The first-order valence-corrected chi connectivity index (χ1v) is 8.64. The van der Waals surface area contributed by atoms with Crippen molar-refractivity contribution in [2.75, 3.05) is 6.61 Å². The molecule has 0 radical (unpaired) electrons. The number of hydrogen-bond acceptors (Lipinski definition) is 5. The van der Waals surface area contributed by atoms with Crippen molar-refractivity contribution >= 4 is 29.1 Å². The van der Waals surface area contributed by atoms with E-state index in [4.69, 9.17) is 32.5 Å². The second-order valence-corrected chi connectivity index (χ2v) is 6.43. The standard InChI is InChI=1S/C18H14Cl2FN3O3/c1-10(18-23-17(24-27-18)11-2-4-12(21)5-3-11)22-16(25)9-26-13-6-7-14(19)15(20)8-13/h2-8,10H,9H2,1H3,(H,22,25). The van der Waals surface area contributed by atoms with Crippen LogP contribution in [-0.4, -0.2) is 22.7 Å². The number of amides is 1. The van der Waals surface area contributed by atoms with E-state index in [-0.39, 0.29) is 24.2 Å². The third-order valence-corrected chi connectivity index (χ3v) is 4.29. The van der Waals surface area contributed by atoms with Crippen molar-refractivity contribution in [3.05, 3.63) is 64.2 Å². The molecule has 0 saturated heterocycles. The van der Waals surface area contributed by atoms with Gasteiger partial charge in [-0.3, -0.25) is 4.79 Å². The van der Waals surface area contributed by atoms with E-state index < -0.39 is 6.04 Å². The van der Waals surface area contributed by atoms with Crippen LogP contribution >= 0.6 is 23.2 Å². The van der Waals surface area contributed by atoms with E-state index >= 15 is 0 Å². The first kappa shape index (κ1) is 19.1. The maximum absolute atomic E-state index is 13.0. The van der Waals surface area contributed by atoms with Crippen molar-refractivity contribution in [3.8, 4) is 17.1 Å². The monoisotopic (exact) mass is 409 g/mol. The molecule has 1 aromatic heterocycles. The third kappa shape index (κ3) is 4.96.